The van der Waals surface area contributed by atoms with Crippen LogP contribution in [0.25, 0.3) is 0 Å². The Hall–Kier alpha value is 0.0300. The predicted octanol–water partition coefficient (Wildman–Crippen LogP) is 3.75. The molecule has 0 aliphatic rings. The van der Waals surface area contributed by atoms with E-state index in [0.29, 0.717) is 0 Å². The van der Waals surface area contributed by atoms with Crippen molar-refractivity contribution in [1.29, 1.82) is 0 Å². The van der Waals surface area contributed by atoms with Crippen LogP contribution in [0.5, 0.6) is 0 Å². The highest BCUT2D eigenvalue weighted by Crippen LogP contribution is 2.10. The van der Waals surface area contributed by atoms with Crippen molar-refractivity contribution in [3.05, 3.63) is 11.6 Å². The second kappa shape index (κ2) is 5.79. The molecule has 0 aromatic rings. The van der Waals surface area contributed by atoms with Gasteiger partial charge in [0, 0.05) is 0 Å². The third-order valence-electron chi connectivity index (χ3n) is 1.35. The summed E-state index contributed by atoms with van der Waals surface area (Å²) in [6, 6.07) is 0. The molecule has 60 valence electrons. The lowest BCUT2D eigenvalue weighted by Gasteiger charge is -2.02. The van der Waals surface area contributed by atoms with Gasteiger partial charge in [0.1, 0.15) is 0 Å². The second-order valence-electron chi connectivity index (χ2n) is 2.90. The Morgan fingerprint density at radius 2 is 2.10 bits per heavy atom. The first kappa shape index (κ1) is 10.0. The van der Waals surface area contributed by atoms with E-state index in [2.05, 4.69) is 26.8 Å². The lowest BCUT2D eigenvalue weighted by Crippen LogP contribution is -1.93. The molecule has 0 saturated carbocycles. The Labute approximate surface area is 69.3 Å². The molecule has 0 saturated heterocycles. The van der Waals surface area contributed by atoms with Gasteiger partial charge in [0.2, 0.25) is 0 Å². The van der Waals surface area contributed by atoms with E-state index in [1.54, 1.807) is 0 Å². The van der Waals surface area contributed by atoms with Crippen LogP contribution in [0.4, 0.5) is 0 Å². The zero-order valence-electron chi connectivity index (χ0n) is 7.15. The minimum absolute atomic E-state index is 0.255. The third-order valence-corrected chi connectivity index (χ3v) is 1.69. The van der Waals surface area contributed by atoms with Crippen molar-refractivity contribution >= 4 is 11.6 Å². The van der Waals surface area contributed by atoms with Crippen LogP contribution in [0.2, 0.25) is 0 Å². The van der Waals surface area contributed by atoms with E-state index >= 15 is 0 Å². The molecule has 0 spiro atoms. The standard InChI is InChI=1S/C9H17Cl/c1-4-5-6-9(10)7-8(2)3/h7,9H,4-6H2,1-3H3/t9-/m1/s1. The fourth-order valence-electron chi connectivity index (χ4n) is 0.844. The fourth-order valence-corrected chi connectivity index (χ4v) is 1.25. The summed E-state index contributed by atoms with van der Waals surface area (Å²) < 4.78 is 0. The zero-order chi connectivity index (χ0) is 7.98. The van der Waals surface area contributed by atoms with Crippen LogP contribution in [-0.4, -0.2) is 5.38 Å². The Morgan fingerprint density at radius 1 is 1.50 bits per heavy atom. The van der Waals surface area contributed by atoms with Crippen LogP contribution in [0.3, 0.4) is 0 Å². The summed E-state index contributed by atoms with van der Waals surface area (Å²) in [6.45, 7) is 6.36. The summed E-state index contributed by atoms with van der Waals surface area (Å²) in [5.74, 6) is 0. The number of halogens is 1. The largest absolute Gasteiger partial charge is 0.118 e. The molecule has 0 aliphatic carbocycles. The van der Waals surface area contributed by atoms with Crippen molar-refractivity contribution in [3.8, 4) is 0 Å². The quantitative estimate of drug-likeness (QED) is 0.434. The number of hydrogen-bond donors (Lipinski definition) is 0. The van der Waals surface area contributed by atoms with E-state index in [-0.39, 0.29) is 5.38 Å². The van der Waals surface area contributed by atoms with Crippen molar-refractivity contribution in [1.82, 2.24) is 0 Å². The third kappa shape index (κ3) is 6.15. The van der Waals surface area contributed by atoms with Crippen molar-refractivity contribution in [2.75, 3.05) is 0 Å². The van der Waals surface area contributed by atoms with Crippen LogP contribution in [0, 0.1) is 0 Å². The molecular weight excluding hydrogens is 144 g/mol. The Kier molecular flexibility index (Phi) is 5.81. The molecule has 0 amide bonds. The lowest BCUT2D eigenvalue weighted by atomic mass is 10.1. The highest BCUT2D eigenvalue weighted by Gasteiger charge is 1.97. The Morgan fingerprint density at radius 3 is 2.50 bits per heavy atom. The highest BCUT2D eigenvalue weighted by atomic mass is 35.5. The lowest BCUT2D eigenvalue weighted by molar-refractivity contribution is 0.732. The van der Waals surface area contributed by atoms with Crippen molar-refractivity contribution in [3.63, 3.8) is 0 Å². The van der Waals surface area contributed by atoms with E-state index in [1.807, 2.05) is 0 Å². The number of alkyl halides is 1. The maximum atomic E-state index is 5.98. The van der Waals surface area contributed by atoms with Gasteiger partial charge in [-0.2, -0.15) is 0 Å². The molecule has 0 radical (unpaired) electrons. The van der Waals surface area contributed by atoms with Gasteiger partial charge in [-0.15, -0.1) is 11.6 Å². The first-order chi connectivity index (χ1) is 4.66. The average Bonchev–Trinajstić information content (AvgIpc) is 1.82. The summed E-state index contributed by atoms with van der Waals surface area (Å²) in [7, 11) is 0. The van der Waals surface area contributed by atoms with Crippen LogP contribution >= 0.6 is 11.6 Å². The maximum Gasteiger partial charge on any atom is 0.0518 e. The average molecular weight is 161 g/mol. The van der Waals surface area contributed by atoms with E-state index in [1.165, 1.54) is 18.4 Å². The summed E-state index contributed by atoms with van der Waals surface area (Å²) in [5.41, 5.74) is 1.32. The predicted molar refractivity (Wildman–Crippen MR) is 48.6 cm³/mol. The molecular formula is C9H17Cl. The molecule has 0 bridgehead atoms. The van der Waals surface area contributed by atoms with Gasteiger partial charge in [0.05, 0.1) is 5.38 Å². The molecule has 0 aromatic heterocycles. The molecule has 10 heavy (non-hydrogen) atoms. The molecule has 0 aliphatic heterocycles. The summed E-state index contributed by atoms with van der Waals surface area (Å²) in [4.78, 5) is 0. The van der Waals surface area contributed by atoms with E-state index in [0.717, 1.165) is 6.42 Å². The molecule has 0 rings (SSSR count). The van der Waals surface area contributed by atoms with Gasteiger partial charge in [0.25, 0.3) is 0 Å². The van der Waals surface area contributed by atoms with Crippen LogP contribution in [-0.2, 0) is 0 Å². The smallest absolute Gasteiger partial charge is 0.0518 e. The van der Waals surface area contributed by atoms with E-state index in [4.69, 9.17) is 11.6 Å². The number of rotatable bonds is 4. The topological polar surface area (TPSA) is 0 Å². The van der Waals surface area contributed by atoms with Crippen molar-refractivity contribution in [2.24, 2.45) is 0 Å². The van der Waals surface area contributed by atoms with Crippen molar-refractivity contribution in [2.45, 2.75) is 45.4 Å². The van der Waals surface area contributed by atoms with Gasteiger partial charge in [0.15, 0.2) is 0 Å². The molecule has 1 atom stereocenters. The SMILES string of the molecule is CCCC[C@@H](Cl)C=C(C)C. The first-order valence-corrected chi connectivity index (χ1v) is 4.39. The zero-order valence-corrected chi connectivity index (χ0v) is 7.91. The second-order valence-corrected chi connectivity index (χ2v) is 3.46. The number of hydrogen-bond acceptors (Lipinski definition) is 0. The minimum atomic E-state index is 0.255. The normalized spacial score (nSPS) is 12.8. The molecule has 1 heteroatoms. The van der Waals surface area contributed by atoms with Crippen molar-refractivity contribution < 1.29 is 0 Å². The molecule has 0 fully saturated rings. The molecule has 0 aromatic carbocycles. The molecule has 0 unspecified atom stereocenters. The monoisotopic (exact) mass is 160 g/mol. The Bertz CT molecular complexity index is 101. The molecule has 0 heterocycles. The van der Waals surface area contributed by atoms with Crippen LogP contribution in [0.1, 0.15) is 40.0 Å². The van der Waals surface area contributed by atoms with Gasteiger partial charge in [-0.05, 0) is 20.3 Å². The van der Waals surface area contributed by atoms with Gasteiger partial charge in [-0.1, -0.05) is 31.4 Å². The van der Waals surface area contributed by atoms with Gasteiger partial charge >= 0.3 is 0 Å². The van der Waals surface area contributed by atoms with Gasteiger partial charge < -0.3 is 0 Å². The van der Waals surface area contributed by atoms with Crippen LogP contribution in [0.15, 0.2) is 11.6 Å². The highest BCUT2D eigenvalue weighted by molar-refractivity contribution is 6.21. The maximum absolute atomic E-state index is 5.98. The van der Waals surface area contributed by atoms with E-state index in [9.17, 15) is 0 Å². The van der Waals surface area contributed by atoms with E-state index < -0.39 is 0 Å². The Balaban J connectivity index is 3.43. The summed E-state index contributed by atoms with van der Waals surface area (Å²) in [5, 5.41) is 0.255. The number of allylic oxidation sites excluding steroid dienone is 2. The summed E-state index contributed by atoms with van der Waals surface area (Å²) >= 11 is 5.98. The molecule has 0 N–H and O–H groups in total. The fraction of sp³-hybridized carbons (Fsp3) is 0.778. The molecule has 0 nitrogen and oxygen atoms in total. The number of unbranched alkanes of at least 4 members (excludes halogenated alkanes) is 1. The summed E-state index contributed by atoms with van der Waals surface area (Å²) in [6.07, 6.45) is 5.71. The van der Waals surface area contributed by atoms with Gasteiger partial charge in [-0.3, -0.25) is 0 Å². The van der Waals surface area contributed by atoms with Gasteiger partial charge in [-0.25, -0.2) is 0 Å². The van der Waals surface area contributed by atoms with Crippen LogP contribution < -0.4 is 0 Å². The first-order valence-electron chi connectivity index (χ1n) is 3.96. The minimum Gasteiger partial charge on any atom is -0.118 e.